The Hall–Kier alpha value is -1.82. The van der Waals surface area contributed by atoms with Crippen molar-refractivity contribution in [3.63, 3.8) is 0 Å². The van der Waals surface area contributed by atoms with E-state index in [4.69, 9.17) is 0 Å². The first-order chi connectivity index (χ1) is 8.99. The summed E-state index contributed by atoms with van der Waals surface area (Å²) in [4.78, 5) is 12.1. The molecule has 2 rings (SSSR count). The lowest BCUT2D eigenvalue weighted by molar-refractivity contribution is -0.142. The van der Waals surface area contributed by atoms with Crippen molar-refractivity contribution in [1.29, 1.82) is 0 Å². The molecule has 100 valence electrons. The maximum absolute atomic E-state index is 11.2. The molecule has 19 heavy (non-hydrogen) atoms. The number of thiol groups is 1. The van der Waals surface area contributed by atoms with Gasteiger partial charge in [0.05, 0.1) is 6.20 Å². The van der Waals surface area contributed by atoms with Crippen LogP contribution in [0, 0.1) is 5.92 Å². The Kier molecular flexibility index (Phi) is 3.90. The van der Waals surface area contributed by atoms with Crippen LogP contribution < -0.4 is 0 Å². The van der Waals surface area contributed by atoms with Crippen LogP contribution in [0.5, 0.6) is 0 Å². The van der Waals surface area contributed by atoms with Gasteiger partial charge in [0.15, 0.2) is 6.04 Å². The number of rotatable bonds is 4. The lowest BCUT2D eigenvalue weighted by Crippen LogP contribution is -2.24. The van der Waals surface area contributed by atoms with Gasteiger partial charge in [0.2, 0.25) is 0 Å². The van der Waals surface area contributed by atoms with Gasteiger partial charge in [-0.05, 0) is 18.1 Å². The Morgan fingerprint density at radius 3 is 2.47 bits per heavy atom. The molecule has 0 fully saturated rings. The van der Waals surface area contributed by atoms with Crippen LogP contribution in [0.4, 0.5) is 0 Å². The van der Waals surface area contributed by atoms with Gasteiger partial charge in [-0.15, -0.1) is 17.7 Å². The summed E-state index contributed by atoms with van der Waals surface area (Å²) in [6.07, 6.45) is 1.66. The highest BCUT2D eigenvalue weighted by molar-refractivity contribution is 7.80. The van der Waals surface area contributed by atoms with Gasteiger partial charge in [-0.1, -0.05) is 31.2 Å². The summed E-state index contributed by atoms with van der Waals surface area (Å²) in [5.41, 5.74) is 1.54. The molecule has 5 nitrogen and oxygen atoms in total. The van der Waals surface area contributed by atoms with Crippen molar-refractivity contribution in [2.45, 2.75) is 24.8 Å². The highest BCUT2D eigenvalue weighted by Gasteiger charge is 2.25. The highest BCUT2D eigenvalue weighted by Crippen LogP contribution is 2.22. The Bertz CT molecular complexity index is 578. The predicted molar refractivity (Wildman–Crippen MR) is 74.2 cm³/mol. The van der Waals surface area contributed by atoms with E-state index in [-0.39, 0.29) is 5.92 Å². The molecule has 1 aromatic carbocycles. The third-order valence-corrected chi connectivity index (χ3v) is 3.14. The molecule has 0 unspecified atom stereocenters. The van der Waals surface area contributed by atoms with E-state index in [0.29, 0.717) is 5.69 Å². The predicted octanol–water partition coefficient (Wildman–Crippen LogP) is 2.52. The molecule has 0 aliphatic rings. The zero-order valence-electron chi connectivity index (χ0n) is 10.7. The fourth-order valence-corrected chi connectivity index (χ4v) is 2.03. The Labute approximate surface area is 116 Å². The van der Waals surface area contributed by atoms with Crippen LogP contribution >= 0.6 is 12.6 Å². The van der Waals surface area contributed by atoms with Crippen LogP contribution in [-0.2, 0) is 4.79 Å². The molecule has 0 spiro atoms. The fraction of sp³-hybridized carbons (Fsp3) is 0.308. The summed E-state index contributed by atoms with van der Waals surface area (Å²) in [5.74, 6) is -0.968. The molecular weight excluding hydrogens is 262 g/mol. The van der Waals surface area contributed by atoms with Crippen molar-refractivity contribution >= 4 is 18.6 Å². The zero-order valence-corrected chi connectivity index (χ0v) is 11.6. The number of carboxylic acid groups (broad SMARTS) is 1. The lowest BCUT2D eigenvalue weighted by atomic mass is 10.1. The van der Waals surface area contributed by atoms with Crippen molar-refractivity contribution in [2.24, 2.45) is 5.92 Å². The smallest absolute Gasteiger partial charge is 0.328 e. The van der Waals surface area contributed by atoms with Gasteiger partial charge >= 0.3 is 5.97 Å². The first-order valence-electron chi connectivity index (χ1n) is 5.93. The fourth-order valence-electron chi connectivity index (χ4n) is 1.88. The Morgan fingerprint density at radius 1 is 1.32 bits per heavy atom. The number of carboxylic acids is 1. The normalized spacial score (nSPS) is 12.6. The molecule has 0 bridgehead atoms. The first kappa shape index (κ1) is 13.6. The molecule has 0 saturated carbocycles. The summed E-state index contributed by atoms with van der Waals surface area (Å²) in [6, 6.07) is 6.76. The third kappa shape index (κ3) is 2.96. The highest BCUT2D eigenvalue weighted by atomic mass is 32.1. The summed E-state index contributed by atoms with van der Waals surface area (Å²) in [5, 5.41) is 17.2. The summed E-state index contributed by atoms with van der Waals surface area (Å²) >= 11 is 4.22. The second-order valence-corrected chi connectivity index (χ2v) is 5.17. The number of aromatic nitrogens is 3. The van der Waals surface area contributed by atoms with E-state index in [9.17, 15) is 9.90 Å². The average molecular weight is 277 g/mol. The number of hydrogen-bond donors (Lipinski definition) is 2. The molecule has 0 aliphatic carbocycles. The molecule has 1 N–H and O–H groups in total. The number of aliphatic carboxylic acids is 1. The molecule has 2 aromatic rings. The van der Waals surface area contributed by atoms with E-state index in [1.54, 1.807) is 6.20 Å². The number of carbonyl (C=O) groups is 1. The van der Waals surface area contributed by atoms with Gasteiger partial charge in [0.25, 0.3) is 0 Å². The van der Waals surface area contributed by atoms with Gasteiger partial charge in [-0.25, -0.2) is 9.48 Å². The third-order valence-electron chi connectivity index (χ3n) is 2.84. The van der Waals surface area contributed by atoms with Crippen LogP contribution in [0.2, 0.25) is 0 Å². The maximum atomic E-state index is 11.2. The van der Waals surface area contributed by atoms with E-state index >= 15 is 0 Å². The summed E-state index contributed by atoms with van der Waals surface area (Å²) in [6.45, 7) is 3.69. The Balaban J connectivity index is 2.32. The molecule has 1 atom stereocenters. The molecule has 0 aliphatic heterocycles. The van der Waals surface area contributed by atoms with Gasteiger partial charge in [-0.2, -0.15) is 0 Å². The summed E-state index contributed by atoms with van der Waals surface area (Å²) in [7, 11) is 0. The van der Waals surface area contributed by atoms with Crippen LogP contribution in [0.15, 0.2) is 35.4 Å². The molecule has 1 heterocycles. The van der Waals surface area contributed by atoms with E-state index in [1.807, 2.05) is 38.1 Å². The SMILES string of the molecule is CC(C)[C@@H](C(=O)O)n1cc(-c2ccc(S)cc2)nn1. The lowest BCUT2D eigenvalue weighted by Gasteiger charge is -2.15. The van der Waals surface area contributed by atoms with Crippen molar-refractivity contribution in [3.8, 4) is 11.3 Å². The largest absolute Gasteiger partial charge is 0.480 e. The second-order valence-electron chi connectivity index (χ2n) is 4.66. The minimum Gasteiger partial charge on any atom is -0.480 e. The van der Waals surface area contributed by atoms with Crippen molar-refractivity contribution < 1.29 is 9.90 Å². The number of benzene rings is 1. The topological polar surface area (TPSA) is 68.0 Å². The minimum atomic E-state index is -0.905. The van der Waals surface area contributed by atoms with E-state index in [0.717, 1.165) is 10.5 Å². The van der Waals surface area contributed by atoms with E-state index in [1.165, 1.54) is 4.68 Å². The van der Waals surface area contributed by atoms with Crippen LogP contribution in [-0.4, -0.2) is 26.1 Å². The van der Waals surface area contributed by atoms with Crippen molar-refractivity contribution in [1.82, 2.24) is 15.0 Å². The molecule has 6 heteroatoms. The van der Waals surface area contributed by atoms with Gasteiger partial charge in [0.1, 0.15) is 5.69 Å². The zero-order chi connectivity index (χ0) is 14.0. The van der Waals surface area contributed by atoms with Crippen LogP contribution in [0.1, 0.15) is 19.9 Å². The van der Waals surface area contributed by atoms with E-state index in [2.05, 4.69) is 22.9 Å². The Morgan fingerprint density at radius 2 is 1.95 bits per heavy atom. The second kappa shape index (κ2) is 5.44. The molecule has 0 amide bonds. The van der Waals surface area contributed by atoms with Crippen molar-refractivity contribution in [3.05, 3.63) is 30.5 Å². The van der Waals surface area contributed by atoms with Gasteiger partial charge in [-0.3, -0.25) is 0 Å². The molecular formula is C13H15N3O2S. The van der Waals surface area contributed by atoms with E-state index < -0.39 is 12.0 Å². The average Bonchev–Trinajstić information content (AvgIpc) is 2.78. The summed E-state index contributed by atoms with van der Waals surface area (Å²) < 4.78 is 1.40. The van der Waals surface area contributed by atoms with Crippen molar-refractivity contribution in [2.75, 3.05) is 0 Å². The molecule has 0 radical (unpaired) electrons. The monoisotopic (exact) mass is 277 g/mol. The van der Waals surface area contributed by atoms with Gasteiger partial charge in [0, 0.05) is 10.5 Å². The van der Waals surface area contributed by atoms with Gasteiger partial charge < -0.3 is 5.11 Å². The maximum Gasteiger partial charge on any atom is 0.328 e. The minimum absolute atomic E-state index is 0.0631. The quantitative estimate of drug-likeness (QED) is 0.843. The van der Waals surface area contributed by atoms with Crippen LogP contribution in [0.25, 0.3) is 11.3 Å². The first-order valence-corrected chi connectivity index (χ1v) is 6.38. The molecule has 1 aromatic heterocycles. The van der Waals surface area contributed by atoms with Crippen LogP contribution in [0.3, 0.4) is 0 Å². The molecule has 0 saturated heterocycles. The number of hydrogen-bond acceptors (Lipinski definition) is 4. The standard InChI is InChI=1S/C13H15N3O2S/c1-8(2)12(13(17)18)16-7-11(14-15-16)9-3-5-10(19)6-4-9/h3-8,12,19H,1-2H3,(H,17,18)/t12-/m0/s1. The number of nitrogens with zero attached hydrogens (tertiary/aromatic N) is 3.